The molecule has 0 saturated carbocycles. The quantitative estimate of drug-likeness (QED) is 0.162. The van der Waals surface area contributed by atoms with Crippen molar-refractivity contribution in [3.8, 4) is 61.3 Å². The highest BCUT2D eigenvalue weighted by molar-refractivity contribution is 6.23. The predicted octanol–water partition coefficient (Wildman–Crippen LogP) is 16.0. The lowest BCUT2D eigenvalue weighted by molar-refractivity contribution is 0.661. The van der Waals surface area contributed by atoms with Crippen molar-refractivity contribution in [3.63, 3.8) is 0 Å². The molecule has 0 unspecified atom stereocenters. The molecule has 3 heteroatoms. The van der Waals surface area contributed by atoms with E-state index < -0.39 is 0 Å². The lowest BCUT2D eigenvalue weighted by Gasteiger charge is -2.23. The first-order chi connectivity index (χ1) is 31.5. The minimum atomic E-state index is -0.160. The Morgan fingerprint density at radius 3 is 1.48 bits per heavy atom. The Labute approximate surface area is 371 Å². The minimum Gasteiger partial charge on any atom is -0.309 e. The molecule has 0 saturated heterocycles. The van der Waals surface area contributed by atoms with Crippen LogP contribution in [0.2, 0.25) is 0 Å². The second-order valence-corrected chi connectivity index (χ2v) is 17.8. The van der Waals surface area contributed by atoms with Gasteiger partial charge >= 0.3 is 0 Å². The largest absolute Gasteiger partial charge is 0.309 e. The SMILES string of the molecule is CC1(C)c2cc(-c3cccc(-c4ccc(-c5ccc6c(c5)c5ccccc5c5nccnc65)cc4)c3)ccc2-c2ccc(-c3ccc4c(c3)c3ccccc3n4-c3ccccc3)cc21. The first-order valence-electron chi connectivity index (χ1n) is 22.1. The number of nitrogens with zero attached hydrogens (tertiary/aromatic N) is 3. The van der Waals surface area contributed by atoms with Gasteiger partial charge in [-0.05, 0) is 132 Å². The van der Waals surface area contributed by atoms with Crippen molar-refractivity contribution in [3.05, 3.63) is 224 Å². The van der Waals surface area contributed by atoms with E-state index in [4.69, 9.17) is 9.97 Å². The standard InChI is InChI=1S/C61H41N3/c1-61(2)55-36-44(23-27-48(55)49-28-24-45(37-56(49)61)43-26-30-58-54(35-43)50-16-8-9-18-57(50)64(58)46-13-4-3-5-14-46)41-12-10-11-40(33-41)38-19-21-39(22-20-38)42-25-29-52-53(34-42)47-15-6-7-17-51(47)59-60(52)63-32-31-62-59/h3-37H,1-2H3. The summed E-state index contributed by atoms with van der Waals surface area (Å²) in [4.78, 5) is 9.45. The smallest absolute Gasteiger partial charge is 0.0971 e. The summed E-state index contributed by atoms with van der Waals surface area (Å²) in [7, 11) is 0. The number of aromatic nitrogens is 3. The molecule has 3 nitrogen and oxygen atoms in total. The van der Waals surface area contributed by atoms with Crippen molar-refractivity contribution in [2.45, 2.75) is 19.3 Å². The Kier molecular flexibility index (Phi) is 7.95. The molecule has 0 fully saturated rings. The average molecular weight is 816 g/mol. The van der Waals surface area contributed by atoms with Gasteiger partial charge in [0.1, 0.15) is 0 Å². The monoisotopic (exact) mass is 815 g/mol. The van der Waals surface area contributed by atoms with Gasteiger partial charge in [0.2, 0.25) is 0 Å². The van der Waals surface area contributed by atoms with Gasteiger partial charge in [0, 0.05) is 45.0 Å². The van der Waals surface area contributed by atoms with Gasteiger partial charge in [-0.1, -0.05) is 159 Å². The van der Waals surface area contributed by atoms with Crippen LogP contribution in [0.15, 0.2) is 213 Å². The summed E-state index contributed by atoms with van der Waals surface area (Å²) in [6.45, 7) is 4.77. The number of hydrogen-bond donors (Lipinski definition) is 0. The number of benzene rings is 10. The maximum absolute atomic E-state index is 4.74. The van der Waals surface area contributed by atoms with E-state index >= 15 is 0 Å². The molecular formula is C61H41N3. The van der Waals surface area contributed by atoms with Crippen molar-refractivity contribution in [1.82, 2.24) is 14.5 Å². The van der Waals surface area contributed by atoms with Crippen LogP contribution in [0.25, 0.3) is 116 Å². The Bertz CT molecular complexity index is 3820. The summed E-state index contributed by atoms with van der Waals surface area (Å²) in [5.41, 5.74) is 20.5. The van der Waals surface area contributed by atoms with Gasteiger partial charge in [-0.25, -0.2) is 0 Å². The summed E-state index contributed by atoms with van der Waals surface area (Å²) in [6.07, 6.45) is 3.56. The molecular weight excluding hydrogens is 775 g/mol. The molecule has 1 aliphatic rings. The van der Waals surface area contributed by atoms with Crippen LogP contribution in [0.1, 0.15) is 25.0 Å². The summed E-state index contributed by atoms with van der Waals surface area (Å²) < 4.78 is 2.38. The van der Waals surface area contributed by atoms with Crippen LogP contribution in [0.5, 0.6) is 0 Å². The Balaban J connectivity index is 0.809. The van der Waals surface area contributed by atoms with E-state index in [9.17, 15) is 0 Å². The highest BCUT2D eigenvalue weighted by atomic mass is 15.0. The fourth-order valence-electron chi connectivity index (χ4n) is 10.6. The van der Waals surface area contributed by atoms with Crippen LogP contribution in [-0.2, 0) is 5.41 Å². The second-order valence-electron chi connectivity index (χ2n) is 17.8. The Morgan fingerprint density at radius 2 is 0.797 bits per heavy atom. The van der Waals surface area contributed by atoms with Gasteiger partial charge in [-0.3, -0.25) is 9.97 Å². The number of para-hydroxylation sites is 2. The molecule has 0 amide bonds. The van der Waals surface area contributed by atoms with Crippen molar-refractivity contribution in [1.29, 1.82) is 0 Å². The van der Waals surface area contributed by atoms with Gasteiger partial charge in [0.15, 0.2) is 0 Å². The molecule has 64 heavy (non-hydrogen) atoms. The molecule has 1 aliphatic carbocycles. The third-order valence-corrected chi connectivity index (χ3v) is 13.9. The van der Waals surface area contributed by atoms with E-state index in [1.54, 1.807) is 12.4 Å². The molecule has 12 aromatic rings. The number of fused-ring (bicyclic) bond motifs is 12. The van der Waals surface area contributed by atoms with Gasteiger partial charge in [-0.2, -0.15) is 0 Å². The van der Waals surface area contributed by atoms with Crippen molar-refractivity contribution in [2.24, 2.45) is 0 Å². The summed E-state index contributed by atoms with van der Waals surface area (Å²) >= 11 is 0. The van der Waals surface area contributed by atoms with Crippen LogP contribution in [0.3, 0.4) is 0 Å². The highest BCUT2D eigenvalue weighted by Gasteiger charge is 2.36. The first-order valence-corrected chi connectivity index (χ1v) is 22.1. The van der Waals surface area contributed by atoms with E-state index in [0.29, 0.717) is 0 Å². The summed E-state index contributed by atoms with van der Waals surface area (Å²) in [6, 6.07) is 73.8. The molecule has 0 bridgehead atoms. The molecule has 0 radical (unpaired) electrons. The zero-order valence-electron chi connectivity index (χ0n) is 35.5. The van der Waals surface area contributed by atoms with E-state index in [0.717, 1.165) is 21.8 Å². The first kappa shape index (κ1) is 36.5. The zero-order chi connectivity index (χ0) is 42.5. The van der Waals surface area contributed by atoms with Crippen molar-refractivity contribution in [2.75, 3.05) is 0 Å². The average Bonchev–Trinajstić information content (AvgIpc) is 3.81. The third kappa shape index (κ3) is 5.54. The summed E-state index contributed by atoms with van der Waals surface area (Å²) in [5.74, 6) is 0. The third-order valence-electron chi connectivity index (χ3n) is 13.9. The molecule has 10 aromatic carbocycles. The van der Waals surface area contributed by atoms with Gasteiger partial charge < -0.3 is 4.57 Å². The predicted molar refractivity (Wildman–Crippen MR) is 268 cm³/mol. The Morgan fingerprint density at radius 1 is 0.328 bits per heavy atom. The van der Waals surface area contributed by atoms with Crippen LogP contribution >= 0.6 is 0 Å². The molecule has 2 heterocycles. The van der Waals surface area contributed by atoms with Crippen LogP contribution in [-0.4, -0.2) is 14.5 Å². The van der Waals surface area contributed by atoms with E-state index in [-0.39, 0.29) is 5.41 Å². The van der Waals surface area contributed by atoms with Gasteiger partial charge in [0.25, 0.3) is 0 Å². The zero-order valence-corrected chi connectivity index (χ0v) is 35.5. The van der Waals surface area contributed by atoms with Crippen molar-refractivity contribution >= 4 is 54.4 Å². The van der Waals surface area contributed by atoms with E-state index in [1.165, 1.54) is 105 Å². The fraction of sp³-hybridized carbons (Fsp3) is 0.0492. The molecule has 0 N–H and O–H groups in total. The highest BCUT2D eigenvalue weighted by Crippen LogP contribution is 2.51. The fourth-order valence-corrected chi connectivity index (χ4v) is 10.6. The van der Waals surface area contributed by atoms with Crippen molar-refractivity contribution < 1.29 is 0 Å². The van der Waals surface area contributed by atoms with Gasteiger partial charge in [-0.15, -0.1) is 0 Å². The lowest BCUT2D eigenvalue weighted by atomic mass is 9.80. The molecule has 300 valence electrons. The van der Waals surface area contributed by atoms with Crippen LogP contribution in [0.4, 0.5) is 0 Å². The lowest BCUT2D eigenvalue weighted by Crippen LogP contribution is -2.15. The Hall–Kier alpha value is -8.14. The second kappa shape index (κ2) is 13.9. The number of rotatable bonds is 5. The molecule has 0 spiro atoms. The van der Waals surface area contributed by atoms with E-state index in [1.807, 2.05) is 0 Å². The molecule has 13 rings (SSSR count). The maximum atomic E-state index is 4.74. The van der Waals surface area contributed by atoms with E-state index in [2.05, 4.69) is 219 Å². The molecule has 0 aliphatic heterocycles. The van der Waals surface area contributed by atoms with Crippen LogP contribution in [0, 0.1) is 0 Å². The number of hydrogen-bond acceptors (Lipinski definition) is 2. The van der Waals surface area contributed by atoms with Gasteiger partial charge in [0.05, 0.1) is 22.1 Å². The summed E-state index contributed by atoms with van der Waals surface area (Å²) in [5, 5.41) is 7.19. The van der Waals surface area contributed by atoms with Crippen LogP contribution < -0.4 is 0 Å². The molecule has 0 atom stereocenters. The minimum absolute atomic E-state index is 0.160. The maximum Gasteiger partial charge on any atom is 0.0971 e. The molecule has 2 aromatic heterocycles. The normalized spacial score (nSPS) is 13.0. The topological polar surface area (TPSA) is 30.7 Å².